The second-order valence-electron chi connectivity index (χ2n) is 4.74. The third-order valence-corrected chi connectivity index (χ3v) is 2.58. The maximum Gasteiger partial charge on any atom is 0.407 e. The lowest BCUT2D eigenvalue weighted by atomic mass is 9.83. The maximum atomic E-state index is 10.9. The Bertz CT molecular complexity index is 210. The van der Waals surface area contributed by atoms with Gasteiger partial charge in [0.25, 0.3) is 0 Å². The number of nitrogens with two attached hydrogens (primary N) is 1. The highest BCUT2D eigenvalue weighted by Crippen LogP contribution is 2.31. The van der Waals surface area contributed by atoms with Crippen LogP contribution in [0.4, 0.5) is 4.79 Å². The lowest BCUT2D eigenvalue weighted by Gasteiger charge is -2.35. The summed E-state index contributed by atoms with van der Waals surface area (Å²) < 4.78 is 0. The van der Waals surface area contributed by atoms with Crippen molar-refractivity contribution < 1.29 is 9.90 Å². The van der Waals surface area contributed by atoms with Crippen molar-refractivity contribution in [2.75, 3.05) is 6.54 Å². The molecule has 1 saturated heterocycles. The van der Waals surface area contributed by atoms with E-state index in [2.05, 4.69) is 0 Å². The number of amides is 1. The molecule has 1 unspecified atom stereocenters. The fourth-order valence-electron chi connectivity index (χ4n) is 2.14. The van der Waals surface area contributed by atoms with Crippen molar-refractivity contribution in [2.24, 2.45) is 11.1 Å². The topological polar surface area (TPSA) is 66.6 Å². The van der Waals surface area contributed by atoms with Gasteiger partial charge in [0.2, 0.25) is 0 Å². The summed E-state index contributed by atoms with van der Waals surface area (Å²) in [6.07, 6.45) is -0.0818. The van der Waals surface area contributed by atoms with Gasteiger partial charge in [-0.05, 0) is 11.8 Å². The maximum absolute atomic E-state index is 10.9. The third kappa shape index (κ3) is 1.94. The summed E-state index contributed by atoms with van der Waals surface area (Å²) in [7, 11) is 0. The lowest BCUT2D eigenvalue weighted by molar-refractivity contribution is 0.102. The number of likely N-dealkylation sites (tertiary alicyclic amines) is 1. The Labute approximate surface area is 78.7 Å². The second kappa shape index (κ2) is 3.18. The van der Waals surface area contributed by atoms with Gasteiger partial charge in [-0.2, -0.15) is 0 Å². The SMILES string of the molecule is CC(C)(C)[C@H]1C(N)CCN1C(=O)O. The summed E-state index contributed by atoms with van der Waals surface area (Å²) in [4.78, 5) is 12.3. The molecule has 0 aromatic carbocycles. The zero-order chi connectivity index (χ0) is 10.2. The molecule has 0 aliphatic carbocycles. The Hall–Kier alpha value is -0.770. The predicted octanol–water partition coefficient (Wildman–Crippen LogP) is 1.11. The number of hydrogen-bond donors (Lipinski definition) is 2. The fourth-order valence-corrected chi connectivity index (χ4v) is 2.14. The van der Waals surface area contributed by atoms with Gasteiger partial charge in [-0.15, -0.1) is 0 Å². The molecule has 1 heterocycles. The molecule has 3 N–H and O–H groups in total. The van der Waals surface area contributed by atoms with Crippen LogP contribution < -0.4 is 5.73 Å². The average molecular weight is 186 g/mol. The van der Waals surface area contributed by atoms with Crippen LogP contribution in [0.2, 0.25) is 0 Å². The van der Waals surface area contributed by atoms with Crippen LogP contribution in [-0.2, 0) is 0 Å². The Morgan fingerprint density at radius 3 is 2.38 bits per heavy atom. The molecule has 1 aliphatic rings. The molecule has 0 radical (unpaired) electrons. The first-order chi connectivity index (χ1) is 5.84. The fraction of sp³-hybridized carbons (Fsp3) is 0.889. The predicted molar refractivity (Wildman–Crippen MR) is 50.6 cm³/mol. The first-order valence-electron chi connectivity index (χ1n) is 4.59. The first-order valence-corrected chi connectivity index (χ1v) is 4.59. The molecule has 0 aromatic heterocycles. The van der Waals surface area contributed by atoms with Crippen LogP contribution in [0.15, 0.2) is 0 Å². The minimum Gasteiger partial charge on any atom is -0.465 e. The number of rotatable bonds is 0. The van der Waals surface area contributed by atoms with Gasteiger partial charge >= 0.3 is 6.09 Å². The molecule has 0 spiro atoms. The van der Waals surface area contributed by atoms with Crippen molar-refractivity contribution in [3.8, 4) is 0 Å². The highest BCUT2D eigenvalue weighted by Gasteiger charge is 2.42. The molecular formula is C9H18N2O2. The van der Waals surface area contributed by atoms with Crippen LogP contribution in [0.3, 0.4) is 0 Å². The van der Waals surface area contributed by atoms with Gasteiger partial charge in [-0.3, -0.25) is 0 Å². The van der Waals surface area contributed by atoms with Crippen molar-refractivity contribution >= 4 is 6.09 Å². The number of carbonyl (C=O) groups is 1. The lowest BCUT2D eigenvalue weighted by Crippen LogP contribution is -2.49. The van der Waals surface area contributed by atoms with E-state index >= 15 is 0 Å². The molecule has 1 aliphatic heterocycles. The molecule has 0 aromatic rings. The standard InChI is InChI=1S/C9H18N2O2/c1-9(2,3)7-6(10)4-5-11(7)8(12)13/h6-7H,4-5,10H2,1-3H3,(H,12,13)/t6?,7-/m1/s1. The van der Waals surface area contributed by atoms with Gasteiger partial charge in [0, 0.05) is 12.6 Å². The van der Waals surface area contributed by atoms with E-state index in [4.69, 9.17) is 10.8 Å². The molecule has 13 heavy (non-hydrogen) atoms. The van der Waals surface area contributed by atoms with Crippen molar-refractivity contribution in [1.29, 1.82) is 0 Å². The van der Waals surface area contributed by atoms with Crippen LogP contribution in [0.25, 0.3) is 0 Å². The van der Waals surface area contributed by atoms with Gasteiger partial charge < -0.3 is 15.7 Å². The molecule has 0 bridgehead atoms. The quantitative estimate of drug-likeness (QED) is 0.595. The van der Waals surface area contributed by atoms with Gasteiger partial charge in [0.05, 0.1) is 6.04 Å². The van der Waals surface area contributed by atoms with Crippen LogP contribution in [0.1, 0.15) is 27.2 Å². The van der Waals surface area contributed by atoms with Crippen LogP contribution in [0, 0.1) is 5.41 Å². The van der Waals surface area contributed by atoms with Gasteiger partial charge in [-0.1, -0.05) is 20.8 Å². The summed E-state index contributed by atoms with van der Waals surface area (Å²) in [6, 6.07) is -0.0684. The minimum absolute atomic E-state index is 0.0175. The van der Waals surface area contributed by atoms with Crippen molar-refractivity contribution in [1.82, 2.24) is 4.90 Å². The van der Waals surface area contributed by atoms with E-state index in [9.17, 15) is 4.79 Å². The van der Waals surface area contributed by atoms with Crippen LogP contribution >= 0.6 is 0 Å². The molecule has 4 nitrogen and oxygen atoms in total. The summed E-state index contributed by atoms with van der Waals surface area (Å²) in [6.45, 7) is 6.65. The summed E-state index contributed by atoms with van der Waals surface area (Å²) in [5, 5.41) is 8.94. The number of nitrogens with zero attached hydrogens (tertiary/aromatic N) is 1. The zero-order valence-corrected chi connectivity index (χ0v) is 8.45. The highest BCUT2D eigenvalue weighted by atomic mass is 16.4. The Kier molecular flexibility index (Phi) is 2.52. The Morgan fingerprint density at radius 2 is 2.08 bits per heavy atom. The third-order valence-electron chi connectivity index (χ3n) is 2.58. The van der Waals surface area contributed by atoms with E-state index in [1.165, 1.54) is 4.90 Å². The van der Waals surface area contributed by atoms with Crippen LogP contribution in [0.5, 0.6) is 0 Å². The summed E-state index contributed by atoms with van der Waals surface area (Å²) >= 11 is 0. The molecular weight excluding hydrogens is 168 g/mol. The first kappa shape index (κ1) is 10.3. The van der Waals surface area contributed by atoms with Crippen molar-refractivity contribution in [2.45, 2.75) is 39.3 Å². The van der Waals surface area contributed by atoms with E-state index in [0.717, 1.165) is 6.42 Å². The van der Waals surface area contributed by atoms with E-state index in [0.29, 0.717) is 6.54 Å². The molecule has 1 fully saturated rings. The Morgan fingerprint density at radius 1 is 1.54 bits per heavy atom. The van der Waals surface area contributed by atoms with Gasteiger partial charge in [-0.25, -0.2) is 4.79 Å². The monoisotopic (exact) mass is 186 g/mol. The van der Waals surface area contributed by atoms with Crippen molar-refractivity contribution in [3.05, 3.63) is 0 Å². The average Bonchev–Trinajstić information content (AvgIpc) is 2.28. The summed E-state index contributed by atoms with van der Waals surface area (Å²) in [5.41, 5.74) is 5.81. The van der Waals surface area contributed by atoms with Gasteiger partial charge in [0.15, 0.2) is 0 Å². The smallest absolute Gasteiger partial charge is 0.407 e. The summed E-state index contributed by atoms with van der Waals surface area (Å²) in [5.74, 6) is 0. The van der Waals surface area contributed by atoms with E-state index in [-0.39, 0.29) is 17.5 Å². The van der Waals surface area contributed by atoms with Crippen LogP contribution in [-0.4, -0.2) is 34.7 Å². The normalized spacial score (nSPS) is 29.4. The van der Waals surface area contributed by atoms with Gasteiger partial charge in [0.1, 0.15) is 0 Å². The zero-order valence-electron chi connectivity index (χ0n) is 8.45. The van der Waals surface area contributed by atoms with E-state index < -0.39 is 6.09 Å². The molecule has 2 atom stereocenters. The Balaban J connectivity index is 2.83. The number of carboxylic acid groups (broad SMARTS) is 1. The molecule has 76 valence electrons. The van der Waals surface area contributed by atoms with E-state index in [1.54, 1.807) is 0 Å². The minimum atomic E-state index is -0.854. The molecule has 1 rings (SSSR count). The highest BCUT2D eigenvalue weighted by molar-refractivity contribution is 5.66. The largest absolute Gasteiger partial charge is 0.465 e. The second-order valence-corrected chi connectivity index (χ2v) is 4.74. The molecule has 0 saturated carbocycles. The number of hydrogen-bond acceptors (Lipinski definition) is 2. The van der Waals surface area contributed by atoms with Crippen molar-refractivity contribution in [3.63, 3.8) is 0 Å². The molecule has 4 heteroatoms. The van der Waals surface area contributed by atoms with E-state index in [1.807, 2.05) is 20.8 Å². The molecule has 1 amide bonds.